The van der Waals surface area contributed by atoms with Crippen LogP contribution in [0.5, 0.6) is 11.5 Å². The van der Waals surface area contributed by atoms with Crippen LogP contribution < -0.4 is 14.4 Å². The minimum Gasteiger partial charge on any atom is -0.507 e. The Bertz CT molecular complexity index is 1490. The minimum absolute atomic E-state index is 0.0768. The van der Waals surface area contributed by atoms with Crippen molar-refractivity contribution in [3.05, 3.63) is 77.3 Å². The number of fused-ring (bicyclic) bond motifs is 2. The number of nitrogens with zero attached hydrogens (tertiary/aromatic N) is 2. The number of anilines is 1. The van der Waals surface area contributed by atoms with Crippen molar-refractivity contribution >= 4 is 44.1 Å². The third-order valence-corrected chi connectivity index (χ3v) is 6.83. The van der Waals surface area contributed by atoms with E-state index in [1.165, 1.54) is 22.5 Å². The highest BCUT2D eigenvalue weighted by Crippen LogP contribution is 2.45. The molecular formula is C25H18N2O6S. The smallest absolute Gasteiger partial charge is 0.302 e. The molecule has 1 N–H and O–H groups in total. The number of carbonyl (C=O) groups excluding carboxylic acids is 2. The molecule has 34 heavy (non-hydrogen) atoms. The predicted molar refractivity (Wildman–Crippen MR) is 125 cm³/mol. The van der Waals surface area contributed by atoms with Gasteiger partial charge in [-0.15, -0.1) is 0 Å². The van der Waals surface area contributed by atoms with E-state index in [4.69, 9.17) is 13.9 Å². The van der Waals surface area contributed by atoms with Crippen LogP contribution in [0.3, 0.4) is 0 Å². The first-order valence-electron chi connectivity index (χ1n) is 10.6. The second-order valence-electron chi connectivity index (χ2n) is 8.01. The van der Waals surface area contributed by atoms with Gasteiger partial charge in [0.05, 0.1) is 22.1 Å². The summed E-state index contributed by atoms with van der Waals surface area (Å²) >= 11 is 1.30. The lowest BCUT2D eigenvalue weighted by Gasteiger charge is -2.21. The molecule has 0 saturated carbocycles. The average Bonchev–Trinajstić information content (AvgIpc) is 3.57. The number of carbonyl (C=O) groups is 2. The van der Waals surface area contributed by atoms with Crippen LogP contribution in [0.2, 0.25) is 0 Å². The van der Waals surface area contributed by atoms with Crippen LogP contribution >= 0.6 is 11.3 Å². The van der Waals surface area contributed by atoms with Gasteiger partial charge in [-0.05, 0) is 55.0 Å². The standard InChI is InChI=1S/C25H18N2O6S/c1-13-4-6-15-19(11-13)34-25(26-15)27-21(17-3-2-8-31-17)20(23(29)24(27)30)22(28)14-5-7-16-18(12-14)33-10-9-32-16/h2-8,11-12,21,28H,9-10H2,1H3/b22-20+. The van der Waals surface area contributed by atoms with Gasteiger partial charge in [0.25, 0.3) is 5.78 Å². The summed E-state index contributed by atoms with van der Waals surface area (Å²) in [4.78, 5) is 32.4. The molecule has 1 amide bonds. The van der Waals surface area contributed by atoms with Gasteiger partial charge in [-0.2, -0.15) is 0 Å². The first-order chi connectivity index (χ1) is 16.5. The third kappa shape index (κ3) is 3.16. The molecule has 0 aliphatic carbocycles. The fourth-order valence-corrected chi connectivity index (χ4v) is 5.31. The molecule has 9 heteroatoms. The number of Topliss-reactive ketones (excluding diaryl/α,β-unsaturated/α-hetero) is 1. The maximum atomic E-state index is 13.2. The Balaban J connectivity index is 1.52. The summed E-state index contributed by atoms with van der Waals surface area (Å²) in [5.41, 5.74) is 2.04. The van der Waals surface area contributed by atoms with E-state index >= 15 is 0 Å². The first kappa shape index (κ1) is 20.5. The summed E-state index contributed by atoms with van der Waals surface area (Å²) in [6, 6.07) is 13.0. The van der Waals surface area contributed by atoms with E-state index in [0.717, 1.165) is 15.8 Å². The molecule has 0 bridgehead atoms. The quantitative estimate of drug-likeness (QED) is 0.263. The molecule has 2 aromatic carbocycles. The van der Waals surface area contributed by atoms with E-state index in [9.17, 15) is 14.7 Å². The molecule has 8 nitrogen and oxygen atoms in total. The lowest BCUT2D eigenvalue weighted by molar-refractivity contribution is -0.132. The van der Waals surface area contributed by atoms with E-state index in [2.05, 4.69) is 4.98 Å². The molecule has 1 atom stereocenters. The van der Waals surface area contributed by atoms with Gasteiger partial charge in [-0.1, -0.05) is 17.4 Å². The number of hydrogen-bond acceptors (Lipinski definition) is 8. The zero-order valence-electron chi connectivity index (χ0n) is 18.0. The Morgan fingerprint density at radius 2 is 1.91 bits per heavy atom. The first-order valence-corrected chi connectivity index (χ1v) is 11.4. The number of rotatable bonds is 3. The highest BCUT2D eigenvalue weighted by Gasteiger charge is 2.49. The lowest BCUT2D eigenvalue weighted by atomic mass is 9.99. The van der Waals surface area contributed by atoms with Gasteiger partial charge in [0, 0.05) is 5.56 Å². The van der Waals surface area contributed by atoms with Gasteiger partial charge in [0.2, 0.25) is 0 Å². The molecule has 6 rings (SSSR count). The summed E-state index contributed by atoms with van der Waals surface area (Å²) in [5, 5.41) is 11.6. The Morgan fingerprint density at radius 1 is 1.09 bits per heavy atom. The summed E-state index contributed by atoms with van der Waals surface area (Å²) in [6.45, 7) is 2.79. The van der Waals surface area contributed by atoms with Crippen LogP contribution in [0.15, 0.2) is 64.8 Å². The van der Waals surface area contributed by atoms with Crippen molar-refractivity contribution in [1.82, 2.24) is 4.98 Å². The van der Waals surface area contributed by atoms with Crippen molar-refractivity contribution in [1.29, 1.82) is 0 Å². The number of furan rings is 1. The Kier molecular flexibility index (Phi) is 4.66. The molecule has 1 saturated heterocycles. The molecule has 2 aliphatic rings. The number of benzene rings is 2. The molecule has 1 unspecified atom stereocenters. The Hall–Kier alpha value is -4.11. The number of ketones is 1. The summed E-state index contributed by atoms with van der Waals surface area (Å²) in [5.74, 6) is -0.568. The van der Waals surface area contributed by atoms with Crippen molar-refractivity contribution in [2.75, 3.05) is 18.1 Å². The van der Waals surface area contributed by atoms with Crippen molar-refractivity contribution in [2.24, 2.45) is 0 Å². The SMILES string of the molecule is Cc1ccc2nc(N3C(=O)C(=O)/C(=C(/O)c4ccc5c(c4)OCCO5)C3c3ccco3)sc2c1. The fourth-order valence-electron chi connectivity index (χ4n) is 4.21. The largest absolute Gasteiger partial charge is 0.507 e. The van der Waals surface area contributed by atoms with Crippen LogP contribution in [-0.2, 0) is 9.59 Å². The van der Waals surface area contributed by atoms with Crippen molar-refractivity contribution in [3.8, 4) is 11.5 Å². The van der Waals surface area contributed by atoms with Crippen LogP contribution in [0.1, 0.15) is 22.9 Å². The monoisotopic (exact) mass is 474 g/mol. The van der Waals surface area contributed by atoms with E-state index in [1.807, 2.05) is 25.1 Å². The van der Waals surface area contributed by atoms with Crippen LogP contribution in [0.4, 0.5) is 5.13 Å². The second kappa shape index (κ2) is 7.74. The highest BCUT2D eigenvalue weighted by atomic mass is 32.1. The number of aliphatic hydroxyl groups excluding tert-OH is 1. The number of aliphatic hydroxyl groups is 1. The predicted octanol–water partition coefficient (Wildman–Crippen LogP) is 4.60. The molecule has 170 valence electrons. The molecule has 0 radical (unpaired) electrons. The van der Waals surface area contributed by atoms with Gasteiger partial charge in [-0.3, -0.25) is 14.5 Å². The van der Waals surface area contributed by atoms with Gasteiger partial charge in [0.15, 0.2) is 16.6 Å². The van der Waals surface area contributed by atoms with Crippen molar-refractivity contribution < 1.29 is 28.6 Å². The molecule has 4 aromatic rings. The van der Waals surface area contributed by atoms with Crippen molar-refractivity contribution in [3.63, 3.8) is 0 Å². The lowest BCUT2D eigenvalue weighted by Crippen LogP contribution is -2.29. The molecule has 4 heterocycles. The number of ether oxygens (including phenoxy) is 2. The zero-order valence-corrected chi connectivity index (χ0v) is 18.8. The van der Waals surface area contributed by atoms with E-state index in [1.54, 1.807) is 30.3 Å². The number of thiazole rings is 1. The number of aryl methyl sites for hydroxylation is 1. The van der Waals surface area contributed by atoms with Crippen LogP contribution in [0, 0.1) is 6.92 Å². The summed E-state index contributed by atoms with van der Waals surface area (Å²) in [6.07, 6.45) is 1.46. The van der Waals surface area contributed by atoms with Gasteiger partial charge >= 0.3 is 5.91 Å². The van der Waals surface area contributed by atoms with Gasteiger partial charge in [-0.25, -0.2) is 4.98 Å². The van der Waals surface area contributed by atoms with Gasteiger partial charge < -0.3 is 19.0 Å². The highest BCUT2D eigenvalue weighted by molar-refractivity contribution is 7.22. The van der Waals surface area contributed by atoms with E-state index in [0.29, 0.717) is 41.2 Å². The van der Waals surface area contributed by atoms with Crippen molar-refractivity contribution in [2.45, 2.75) is 13.0 Å². The van der Waals surface area contributed by atoms with E-state index < -0.39 is 17.7 Å². The maximum Gasteiger partial charge on any atom is 0.302 e. The maximum absolute atomic E-state index is 13.2. The Labute approximate surface area is 197 Å². The van der Waals surface area contributed by atoms with Crippen LogP contribution in [-0.4, -0.2) is 35.0 Å². The normalized spacial score (nSPS) is 19.2. The number of amides is 1. The molecule has 0 spiro atoms. The summed E-state index contributed by atoms with van der Waals surface area (Å²) in [7, 11) is 0. The minimum atomic E-state index is -0.968. The Morgan fingerprint density at radius 3 is 2.71 bits per heavy atom. The van der Waals surface area contributed by atoms with E-state index in [-0.39, 0.29) is 11.3 Å². The molecule has 2 aliphatic heterocycles. The molecular weight excluding hydrogens is 456 g/mol. The number of aromatic nitrogens is 1. The number of hydrogen-bond donors (Lipinski definition) is 1. The molecule has 2 aromatic heterocycles. The zero-order chi connectivity index (χ0) is 23.4. The van der Waals surface area contributed by atoms with Crippen LogP contribution in [0.25, 0.3) is 16.0 Å². The summed E-state index contributed by atoms with van der Waals surface area (Å²) < 4.78 is 17.6. The topological polar surface area (TPSA) is 102 Å². The average molecular weight is 474 g/mol. The second-order valence-corrected chi connectivity index (χ2v) is 9.02. The fraction of sp³-hybridized carbons (Fsp3) is 0.160. The third-order valence-electron chi connectivity index (χ3n) is 5.81. The molecule has 1 fully saturated rings. The van der Waals surface area contributed by atoms with Gasteiger partial charge in [0.1, 0.15) is 30.8 Å².